The van der Waals surface area contributed by atoms with E-state index in [4.69, 9.17) is 9.47 Å². The first-order chi connectivity index (χ1) is 10.1. The predicted molar refractivity (Wildman–Crippen MR) is 75.7 cm³/mol. The number of carbonyl (C=O) groups is 1. The largest absolute Gasteiger partial charge is 0.504 e. The zero-order chi connectivity index (χ0) is 15.0. The van der Waals surface area contributed by atoms with Crippen molar-refractivity contribution in [1.29, 1.82) is 0 Å². The Morgan fingerprint density at radius 1 is 1.14 bits per heavy atom. The third-order valence-electron chi connectivity index (χ3n) is 3.22. The number of phenols is 2. The summed E-state index contributed by atoms with van der Waals surface area (Å²) in [4.78, 5) is 12.2. The number of para-hydroxylation sites is 1. The molecule has 0 bridgehead atoms. The molecule has 0 spiro atoms. The Morgan fingerprint density at radius 2 is 1.90 bits per heavy atom. The molecule has 1 heterocycles. The molecule has 21 heavy (non-hydrogen) atoms. The maximum atomic E-state index is 12.2. The summed E-state index contributed by atoms with van der Waals surface area (Å²) in [6.07, 6.45) is 1.54. The number of fused-ring (bicyclic) bond motifs is 1. The Balaban J connectivity index is 2.05. The van der Waals surface area contributed by atoms with E-state index in [1.54, 1.807) is 12.1 Å². The summed E-state index contributed by atoms with van der Waals surface area (Å²) in [5.41, 5.74) is 0.895. The van der Waals surface area contributed by atoms with Gasteiger partial charge in [0.1, 0.15) is 5.75 Å². The van der Waals surface area contributed by atoms with Gasteiger partial charge in [-0.3, -0.25) is 4.79 Å². The lowest BCUT2D eigenvalue weighted by atomic mass is 10.1. The van der Waals surface area contributed by atoms with Crippen LogP contribution in [0.25, 0.3) is 6.08 Å². The summed E-state index contributed by atoms with van der Waals surface area (Å²) in [6, 6.07) is 9.84. The minimum atomic E-state index is -0.440. The Bertz CT molecular complexity index is 761. The molecule has 0 aromatic heterocycles. The van der Waals surface area contributed by atoms with E-state index in [9.17, 15) is 15.0 Å². The second-order valence-electron chi connectivity index (χ2n) is 4.49. The Morgan fingerprint density at radius 3 is 2.67 bits per heavy atom. The molecule has 2 aromatic rings. The standard InChI is InChI=1S/C16H12O5/c1-20-12-5-3-2-4-9(12)8-13-14(18)10-6-7-11(17)15(19)16(10)21-13/h2-8,17,19H,1H3/b13-8+. The first-order valence-corrected chi connectivity index (χ1v) is 6.24. The fourth-order valence-electron chi connectivity index (χ4n) is 2.15. The summed E-state index contributed by atoms with van der Waals surface area (Å²) in [6.45, 7) is 0. The van der Waals surface area contributed by atoms with Crippen LogP contribution in [0.2, 0.25) is 0 Å². The number of ether oxygens (including phenoxy) is 2. The summed E-state index contributed by atoms with van der Waals surface area (Å²) in [7, 11) is 1.54. The minimum absolute atomic E-state index is 0.0267. The average molecular weight is 284 g/mol. The highest BCUT2D eigenvalue weighted by atomic mass is 16.5. The molecule has 2 N–H and O–H groups in total. The molecule has 0 saturated heterocycles. The fourth-order valence-corrected chi connectivity index (χ4v) is 2.15. The lowest BCUT2D eigenvalue weighted by molar-refractivity contribution is 0.101. The molecule has 2 aromatic carbocycles. The second kappa shape index (κ2) is 4.86. The first kappa shape index (κ1) is 13.1. The highest BCUT2D eigenvalue weighted by Gasteiger charge is 2.31. The number of rotatable bonds is 2. The normalized spacial score (nSPS) is 14.9. The molecule has 0 radical (unpaired) electrons. The van der Waals surface area contributed by atoms with Gasteiger partial charge in [0.2, 0.25) is 11.5 Å². The summed E-state index contributed by atoms with van der Waals surface area (Å²) >= 11 is 0. The number of aromatic hydroxyl groups is 2. The van der Waals surface area contributed by atoms with Crippen LogP contribution in [0, 0.1) is 0 Å². The SMILES string of the molecule is COc1ccccc1/C=C1/Oc2c(ccc(O)c2O)C1=O. The van der Waals surface area contributed by atoms with Crippen LogP contribution in [0.15, 0.2) is 42.2 Å². The molecule has 0 unspecified atom stereocenters. The van der Waals surface area contributed by atoms with E-state index in [0.717, 1.165) is 0 Å². The zero-order valence-corrected chi connectivity index (χ0v) is 11.2. The van der Waals surface area contributed by atoms with Crippen LogP contribution in [0.5, 0.6) is 23.0 Å². The van der Waals surface area contributed by atoms with Gasteiger partial charge >= 0.3 is 0 Å². The van der Waals surface area contributed by atoms with Crippen LogP contribution in [0.4, 0.5) is 0 Å². The quantitative estimate of drug-likeness (QED) is 0.655. The van der Waals surface area contributed by atoms with Crippen molar-refractivity contribution in [3.8, 4) is 23.0 Å². The maximum absolute atomic E-state index is 12.2. The molecule has 3 rings (SSSR count). The first-order valence-electron chi connectivity index (χ1n) is 6.24. The van der Waals surface area contributed by atoms with Crippen molar-refractivity contribution in [2.24, 2.45) is 0 Å². The van der Waals surface area contributed by atoms with Gasteiger partial charge in [-0.1, -0.05) is 18.2 Å². The molecule has 106 valence electrons. The van der Waals surface area contributed by atoms with Crippen LogP contribution in [-0.4, -0.2) is 23.1 Å². The molecule has 0 saturated carbocycles. The van der Waals surface area contributed by atoms with Gasteiger partial charge in [-0.15, -0.1) is 0 Å². The van der Waals surface area contributed by atoms with Gasteiger partial charge in [-0.05, 0) is 24.3 Å². The highest BCUT2D eigenvalue weighted by molar-refractivity contribution is 6.15. The Kier molecular flexibility index (Phi) is 3.02. The molecule has 0 atom stereocenters. The molecule has 0 aliphatic carbocycles. The lowest BCUT2D eigenvalue weighted by Crippen LogP contribution is -1.98. The van der Waals surface area contributed by atoms with Gasteiger partial charge in [0.15, 0.2) is 17.3 Å². The van der Waals surface area contributed by atoms with Gasteiger partial charge in [-0.2, -0.15) is 0 Å². The molecule has 0 fully saturated rings. The number of Topliss-reactive ketones (excluding diaryl/α,β-unsaturated/α-hetero) is 1. The van der Waals surface area contributed by atoms with Crippen molar-refractivity contribution < 1.29 is 24.5 Å². The molecular weight excluding hydrogens is 272 g/mol. The van der Waals surface area contributed by atoms with E-state index < -0.39 is 5.75 Å². The number of carbonyl (C=O) groups excluding carboxylic acids is 1. The van der Waals surface area contributed by atoms with E-state index >= 15 is 0 Å². The number of allylic oxidation sites excluding steroid dienone is 1. The van der Waals surface area contributed by atoms with Crippen LogP contribution in [-0.2, 0) is 0 Å². The average Bonchev–Trinajstić information content (AvgIpc) is 2.81. The van der Waals surface area contributed by atoms with Crippen molar-refractivity contribution in [2.45, 2.75) is 0 Å². The van der Waals surface area contributed by atoms with E-state index in [-0.39, 0.29) is 28.6 Å². The number of benzene rings is 2. The fraction of sp³-hybridized carbons (Fsp3) is 0.0625. The Labute approximate surface area is 120 Å². The van der Waals surface area contributed by atoms with E-state index in [0.29, 0.717) is 11.3 Å². The van der Waals surface area contributed by atoms with E-state index in [2.05, 4.69) is 0 Å². The van der Waals surface area contributed by atoms with Crippen molar-refractivity contribution >= 4 is 11.9 Å². The van der Waals surface area contributed by atoms with Gasteiger partial charge in [0, 0.05) is 5.56 Å². The summed E-state index contributed by atoms with van der Waals surface area (Å²) in [5, 5.41) is 19.2. The molecule has 5 nitrogen and oxygen atoms in total. The van der Waals surface area contributed by atoms with Crippen LogP contribution >= 0.6 is 0 Å². The van der Waals surface area contributed by atoms with E-state index in [1.807, 2.05) is 12.1 Å². The summed E-state index contributed by atoms with van der Waals surface area (Å²) in [5.74, 6) is -0.489. The van der Waals surface area contributed by atoms with Crippen molar-refractivity contribution in [1.82, 2.24) is 0 Å². The topological polar surface area (TPSA) is 76.0 Å². The predicted octanol–water partition coefficient (Wildman–Crippen LogP) is 2.72. The minimum Gasteiger partial charge on any atom is -0.504 e. The van der Waals surface area contributed by atoms with Crippen LogP contribution in [0.1, 0.15) is 15.9 Å². The maximum Gasteiger partial charge on any atom is 0.232 e. The van der Waals surface area contributed by atoms with Gasteiger partial charge in [-0.25, -0.2) is 0 Å². The molecule has 0 amide bonds. The smallest absolute Gasteiger partial charge is 0.232 e. The molecule has 1 aliphatic rings. The van der Waals surface area contributed by atoms with Crippen molar-refractivity contribution in [3.63, 3.8) is 0 Å². The number of ketones is 1. The van der Waals surface area contributed by atoms with Crippen molar-refractivity contribution in [2.75, 3.05) is 7.11 Å². The van der Waals surface area contributed by atoms with Gasteiger partial charge in [0.05, 0.1) is 12.7 Å². The van der Waals surface area contributed by atoms with E-state index in [1.165, 1.54) is 25.3 Å². The Hall–Kier alpha value is -2.95. The highest BCUT2D eigenvalue weighted by Crippen LogP contribution is 2.44. The lowest BCUT2D eigenvalue weighted by Gasteiger charge is -2.05. The number of phenolic OH excluding ortho intramolecular Hbond substituents is 2. The number of hydrogen-bond acceptors (Lipinski definition) is 5. The molecule has 1 aliphatic heterocycles. The third kappa shape index (κ3) is 2.08. The zero-order valence-electron chi connectivity index (χ0n) is 11.2. The van der Waals surface area contributed by atoms with Gasteiger partial charge < -0.3 is 19.7 Å². The van der Waals surface area contributed by atoms with Gasteiger partial charge in [0.25, 0.3) is 0 Å². The van der Waals surface area contributed by atoms with Crippen LogP contribution in [0.3, 0.4) is 0 Å². The summed E-state index contributed by atoms with van der Waals surface area (Å²) < 4.78 is 10.6. The monoisotopic (exact) mass is 284 g/mol. The third-order valence-corrected chi connectivity index (χ3v) is 3.22. The molecular formula is C16H12O5. The van der Waals surface area contributed by atoms with Crippen LogP contribution < -0.4 is 9.47 Å². The number of methoxy groups -OCH3 is 1. The second-order valence-corrected chi connectivity index (χ2v) is 4.49. The van der Waals surface area contributed by atoms with Crippen molar-refractivity contribution in [3.05, 3.63) is 53.3 Å². The number of hydrogen-bond donors (Lipinski definition) is 2. The molecule has 5 heteroatoms.